The van der Waals surface area contributed by atoms with Gasteiger partial charge in [0.05, 0.1) is 50.8 Å². The molecule has 0 aliphatic carbocycles. The van der Waals surface area contributed by atoms with E-state index >= 15 is 0 Å². The van der Waals surface area contributed by atoms with Crippen molar-refractivity contribution in [1.29, 1.82) is 0 Å². The van der Waals surface area contributed by atoms with Crippen LogP contribution >= 0.6 is 0 Å². The SMILES string of the molecule is COCCOCCOCCC(=O)Nc1ccccc1N. The maximum absolute atomic E-state index is 11.6. The van der Waals surface area contributed by atoms with E-state index in [9.17, 15) is 4.79 Å². The summed E-state index contributed by atoms with van der Waals surface area (Å²) in [6, 6.07) is 7.14. The molecule has 0 saturated heterocycles. The number of para-hydroxylation sites is 2. The molecule has 112 valence electrons. The Morgan fingerprint density at radius 1 is 1.10 bits per heavy atom. The maximum Gasteiger partial charge on any atom is 0.226 e. The van der Waals surface area contributed by atoms with Crippen LogP contribution in [0.15, 0.2) is 24.3 Å². The number of amides is 1. The van der Waals surface area contributed by atoms with Crippen LogP contribution in [0.1, 0.15) is 6.42 Å². The van der Waals surface area contributed by atoms with E-state index < -0.39 is 0 Å². The highest BCUT2D eigenvalue weighted by molar-refractivity contribution is 5.93. The summed E-state index contributed by atoms with van der Waals surface area (Å²) in [4.78, 5) is 11.6. The molecular weight excluding hydrogens is 260 g/mol. The molecule has 20 heavy (non-hydrogen) atoms. The molecular formula is C14H22N2O4. The van der Waals surface area contributed by atoms with Gasteiger partial charge >= 0.3 is 0 Å². The summed E-state index contributed by atoms with van der Waals surface area (Å²) in [6.07, 6.45) is 0.284. The molecule has 0 unspecified atom stereocenters. The smallest absolute Gasteiger partial charge is 0.226 e. The third-order valence-corrected chi connectivity index (χ3v) is 2.51. The number of carbonyl (C=O) groups excluding carboxylic acids is 1. The fraction of sp³-hybridized carbons (Fsp3) is 0.500. The Balaban J connectivity index is 2.05. The van der Waals surface area contributed by atoms with E-state index in [1.165, 1.54) is 0 Å². The summed E-state index contributed by atoms with van der Waals surface area (Å²) in [5.74, 6) is -0.122. The van der Waals surface area contributed by atoms with E-state index in [0.717, 1.165) is 0 Å². The number of methoxy groups -OCH3 is 1. The molecule has 6 nitrogen and oxygen atoms in total. The predicted octanol–water partition coefficient (Wildman–Crippen LogP) is 1.28. The van der Waals surface area contributed by atoms with Gasteiger partial charge in [-0.15, -0.1) is 0 Å². The Morgan fingerprint density at radius 2 is 1.75 bits per heavy atom. The number of nitrogen functional groups attached to an aromatic ring is 1. The van der Waals surface area contributed by atoms with Crippen LogP contribution in [0, 0.1) is 0 Å². The minimum absolute atomic E-state index is 0.122. The van der Waals surface area contributed by atoms with Crippen molar-refractivity contribution in [3.63, 3.8) is 0 Å². The van der Waals surface area contributed by atoms with Crippen LogP contribution in [0.2, 0.25) is 0 Å². The number of carbonyl (C=O) groups is 1. The molecule has 3 N–H and O–H groups in total. The fourth-order valence-corrected chi connectivity index (χ4v) is 1.45. The van der Waals surface area contributed by atoms with Gasteiger partial charge in [-0.3, -0.25) is 4.79 Å². The summed E-state index contributed by atoms with van der Waals surface area (Å²) < 4.78 is 15.4. The van der Waals surface area contributed by atoms with E-state index in [4.69, 9.17) is 19.9 Å². The summed E-state index contributed by atoms with van der Waals surface area (Å²) in [6.45, 7) is 2.43. The Morgan fingerprint density at radius 3 is 2.45 bits per heavy atom. The molecule has 1 amide bonds. The molecule has 0 heterocycles. The highest BCUT2D eigenvalue weighted by Crippen LogP contribution is 2.16. The Hall–Kier alpha value is -1.63. The molecule has 0 atom stereocenters. The first-order chi connectivity index (χ1) is 9.74. The van der Waals surface area contributed by atoms with Crippen molar-refractivity contribution in [2.75, 3.05) is 51.2 Å². The first kappa shape index (κ1) is 16.4. The van der Waals surface area contributed by atoms with Crippen LogP contribution in [0.25, 0.3) is 0 Å². The minimum atomic E-state index is -0.122. The third kappa shape index (κ3) is 7.08. The number of ether oxygens (including phenoxy) is 3. The van der Waals surface area contributed by atoms with Crippen molar-refractivity contribution in [2.24, 2.45) is 0 Å². The van der Waals surface area contributed by atoms with E-state index in [-0.39, 0.29) is 12.3 Å². The molecule has 1 rings (SSSR count). The van der Waals surface area contributed by atoms with E-state index in [1.54, 1.807) is 19.2 Å². The van der Waals surface area contributed by atoms with E-state index in [1.807, 2.05) is 12.1 Å². The van der Waals surface area contributed by atoms with Crippen molar-refractivity contribution < 1.29 is 19.0 Å². The Kier molecular flexibility index (Phi) is 8.37. The lowest BCUT2D eigenvalue weighted by Gasteiger charge is -2.08. The summed E-state index contributed by atoms with van der Waals surface area (Å²) in [5, 5.41) is 2.74. The topological polar surface area (TPSA) is 82.8 Å². The molecule has 1 aromatic carbocycles. The largest absolute Gasteiger partial charge is 0.397 e. The van der Waals surface area contributed by atoms with Crippen LogP contribution in [0.4, 0.5) is 11.4 Å². The number of hydrogen-bond donors (Lipinski definition) is 2. The first-order valence-corrected chi connectivity index (χ1v) is 6.53. The van der Waals surface area contributed by atoms with Gasteiger partial charge in [0.2, 0.25) is 5.91 Å². The van der Waals surface area contributed by atoms with Crippen molar-refractivity contribution >= 4 is 17.3 Å². The summed E-state index contributed by atoms with van der Waals surface area (Å²) in [7, 11) is 1.62. The summed E-state index contributed by atoms with van der Waals surface area (Å²) in [5.41, 5.74) is 6.91. The molecule has 0 bridgehead atoms. The third-order valence-electron chi connectivity index (χ3n) is 2.51. The van der Waals surface area contributed by atoms with Gasteiger partial charge in [-0.05, 0) is 12.1 Å². The molecule has 0 radical (unpaired) electrons. The molecule has 0 fully saturated rings. The van der Waals surface area contributed by atoms with Gasteiger partial charge in [-0.1, -0.05) is 12.1 Å². The van der Waals surface area contributed by atoms with Gasteiger partial charge in [0, 0.05) is 7.11 Å². The standard InChI is InChI=1S/C14H22N2O4/c1-18-8-9-20-11-10-19-7-6-14(17)16-13-5-3-2-4-12(13)15/h2-5H,6-11,15H2,1H3,(H,16,17). The minimum Gasteiger partial charge on any atom is -0.397 e. The normalized spacial score (nSPS) is 10.4. The number of rotatable bonds is 10. The molecule has 0 aromatic heterocycles. The molecule has 0 aliphatic heterocycles. The molecule has 6 heteroatoms. The highest BCUT2D eigenvalue weighted by atomic mass is 16.5. The lowest BCUT2D eigenvalue weighted by atomic mass is 10.2. The number of hydrogen-bond acceptors (Lipinski definition) is 5. The van der Waals surface area contributed by atoms with Gasteiger partial charge < -0.3 is 25.3 Å². The summed E-state index contributed by atoms with van der Waals surface area (Å²) >= 11 is 0. The van der Waals surface area contributed by atoms with Gasteiger partial charge in [0.1, 0.15) is 0 Å². The van der Waals surface area contributed by atoms with Crippen LogP contribution in [0.5, 0.6) is 0 Å². The zero-order valence-corrected chi connectivity index (χ0v) is 11.8. The van der Waals surface area contributed by atoms with Crippen LogP contribution < -0.4 is 11.1 Å². The average molecular weight is 282 g/mol. The second-order valence-corrected chi connectivity index (χ2v) is 4.10. The van der Waals surface area contributed by atoms with E-state index in [2.05, 4.69) is 5.32 Å². The maximum atomic E-state index is 11.6. The predicted molar refractivity (Wildman–Crippen MR) is 77.6 cm³/mol. The van der Waals surface area contributed by atoms with Crippen molar-refractivity contribution in [1.82, 2.24) is 0 Å². The number of anilines is 2. The first-order valence-electron chi connectivity index (χ1n) is 6.53. The number of nitrogens with two attached hydrogens (primary N) is 1. The lowest BCUT2D eigenvalue weighted by molar-refractivity contribution is -0.117. The van der Waals surface area contributed by atoms with Crippen molar-refractivity contribution in [3.05, 3.63) is 24.3 Å². The van der Waals surface area contributed by atoms with Crippen molar-refractivity contribution in [2.45, 2.75) is 6.42 Å². The molecule has 0 spiro atoms. The van der Waals surface area contributed by atoms with Crippen LogP contribution in [-0.4, -0.2) is 46.1 Å². The molecule has 0 saturated carbocycles. The van der Waals surface area contributed by atoms with Gasteiger partial charge in [0.15, 0.2) is 0 Å². The second kappa shape index (κ2) is 10.2. The lowest BCUT2D eigenvalue weighted by Crippen LogP contribution is -2.16. The van der Waals surface area contributed by atoms with Crippen molar-refractivity contribution in [3.8, 4) is 0 Å². The van der Waals surface area contributed by atoms with Gasteiger partial charge in [0.25, 0.3) is 0 Å². The zero-order chi connectivity index (χ0) is 14.6. The second-order valence-electron chi connectivity index (χ2n) is 4.10. The van der Waals surface area contributed by atoms with E-state index in [0.29, 0.717) is 44.4 Å². The highest BCUT2D eigenvalue weighted by Gasteiger charge is 2.04. The van der Waals surface area contributed by atoms with Crippen LogP contribution in [0.3, 0.4) is 0 Å². The van der Waals surface area contributed by atoms with Crippen LogP contribution in [-0.2, 0) is 19.0 Å². The Bertz CT molecular complexity index is 399. The zero-order valence-electron chi connectivity index (χ0n) is 11.8. The quantitative estimate of drug-likeness (QED) is 0.499. The number of nitrogens with one attached hydrogen (secondary N) is 1. The fourth-order valence-electron chi connectivity index (χ4n) is 1.45. The molecule has 1 aromatic rings. The van der Waals surface area contributed by atoms with Gasteiger partial charge in [-0.25, -0.2) is 0 Å². The Labute approximate surface area is 119 Å². The van der Waals surface area contributed by atoms with Gasteiger partial charge in [-0.2, -0.15) is 0 Å². The monoisotopic (exact) mass is 282 g/mol. The average Bonchev–Trinajstić information content (AvgIpc) is 2.44. The molecule has 0 aliphatic rings. The number of benzene rings is 1.